The number of nitro groups is 1. The van der Waals surface area contributed by atoms with Crippen molar-refractivity contribution >= 4 is 58.2 Å². The minimum Gasteiger partial charge on any atom is -0.456 e. The van der Waals surface area contributed by atoms with Gasteiger partial charge in [-0.1, -0.05) is 34.8 Å². The van der Waals surface area contributed by atoms with Crippen LogP contribution >= 0.6 is 34.8 Å². The molecule has 150 valence electrons. The van der Waals surface area contributed by atoms with E-state index in [-0.39, 0.29) is 44.1 Å². The Labute approximate surface area is 185 Å². The maximum absolute atomic E-state index is 12.4. The van der Waals surface area contributed by atoms with Crippen molar-refractivity contribution in [2.24, 2.45) is 0 Å². The fraction of sp³-hybridized carbons (Fsp3) is 0. The molecular formula is C20H10Cl3N3O4. The number of rotatable bonds is 5. The molecule has 0 aliphatic heterocycles. The van der Waals surface area contributed by atoms with Gasteiger partial charge in [0.05, 0.1) is 21.2 Å². The maximum atomic E-state index is 12.4. The van der Waals surface area contributed by atoms with Crippen LogP contribution in [0.2, 0.25) is 15.1 Å². The highest BCUT2D eigenvalue weighted by Gasteiger charge is 2.19. The molecule has 0 aliphatic carbocycles. The number of nitrogens with zero attached hydrogens (tertiary/aromatic N) is 2. The zero-order chi connectivity index (χ0) is 21.8. The van der Waals surface area contributed by atoms with Crippen LogP contribution in [-0.4, -0.2) is 10.8 Å². The van der Waals surface area contributed by atoms with E-state index in [1.165, 1.54) is 48.5 Å². The smallest absolute Gasteiger partial charge is 0.281 e. The molecule has 0 saturated heterocycles. The Morgan fingerprint density at radius 1 is 1.10 bits per heavy atom. The monoisotopic (exact) mass is 461 g/mol. The largest absolute Gasteiger partial charge is 0.456 e. The van der Waals surface area contributed by atoms with Crippen LogP contribution in [0.4, 0.5) is 11.4 Å². The van der Waals surface area contributed by atoms with Gasteiger partial charge >= 0.3 is 0 Å². The highest BCUT2D eigenvalue weighted by Crippen LogP contribution is 2.34. The summed E-state index contributed by atoms with van der Waals surface area (Å²) in [4.78, 5) is 23.1. The predicted molar refractivity (Wildman–Crippen MR) is 114 cm³/mol. The van der Waals surface area contributed by atoms with Gasteiger partial charge in [-0.15, -0.1) is 0 Å². The van der Waals surface area contributed by atoms with Gasteiger partial charge in [0, 0.05) is 22.2 Å². The zero-order valence-corrected chi connectivity index (χ0v) is 17.1. The summed E-state index contributed by atoms with van der Waals surface area (Å²) >= 11 is 17.7. The second-order valence-electron chi connectivity index (χ2n) is 5.87. The minimum atomic E-state index is -0.725. The van der Waals surface area contributed by atoms with Crippen LogP contribution in [0.1, 0.15) is 5.76 Å². The zero-order valence-electron chi connectivity index (χ0n) is 14.9. The van der Waals surface area contributed by atoms with Crippen LogP contribution < -0.4 is 5.32 Å². The molecule has 1 N–H and O–H groups in total. The molecule has 3 rings (SSSR count). The fourth-order valence-corrected chi connectivity index (χ4v) is 3.02. The Balaban J connectivity index is 1.89. The number of furan rings is 1. The van der Waals surface area contributed by atoms with Crippen molar-refractivity contribution in [3.8, 4) is 17.4 Å². The van der Waals surface area contributed by atoms with E-state index in [1.807, 2.05) is 0 Å². The van der Waals surface area contributed by atoms with Crippen molar-refractivity contribution in [2.75, 3.05) is 5.32 Å². The molecule has 0 unspecified atom stereocenters. The summed E-state index contributed by atoms with van der Waals surface area (Å²) in [5.74, 6) is -0.393. The van der Waals surface area contributed by atoms with Crippen molar-refractivity contribution in [3.05, 3.63) is 85.0 Å². The van der Waals surface area contributed by atoms with Crippen molar-refractivity contribution in [2.45, 2.75) is 0 Å². The molecule has 1 heterocycles. The first-order chi connectivity index (χ1) is 14.3. The van der Waals surface area contributed by atoms with Gasteiger partial charge in [-0.05, 0) is 42.5 Å². The Bertz CT molecular complexity index is 1230. The Hall–Kier alpha value is -3.31. The normalized spacial score (nSPS) is 11.1. The molecule has 10 heteroatoms. The minimum absolute atomic E-state index is 0.151. The van der Waals surface area contributed by atoms with Crippen LogP contribution in [-0.2, 0) is 4.79 Å². The van der Waals surface area contributed by atoms with Crippen molar-refractivity contribution in [1.29, 1.82) is 5.26 Å². The average molecular weight is 463 g/mol. The molecule has 0 fully saturated rings. The van der Waals surface area contributed by atoms with Crippen molar-refractivity contribution in [1.82, 2.24) is 0 Å². The van der Waals surface area contributed by atoms with Crippen LogP contribution in [0, 0.1) is 21.4 Å². The third kappa shape index (κ3) is 4.81. The molecule has 0 bridgehead atoms. The summed E-state index contributed by atoms with van der Waals surface area (Å²) < 4.78 is 5.57. The van der Waals surface area contributed by atoms with Gasteiger partial charge in [-0.3, -0.25) is 14.9 Å². The van der Waals surface area contributed by atoms with E-state index in [2.05, 4.69) is 5.32 Å². The van der Waals surface area contributed by atoms with E-state index in [0.717, 1.165) is 0 Å². The molecule has 7 nitrogen and oxygen atoms in total. The first-order valence-corrected chi connectivity index (χ1v) is 9.34. The van der Waals surface area contributed by atoms with Gasteiger partial charge in [0.1, 0.15) is 23.2 Å². The van der Waals surface area contributed by atoms with Gasteiger partial charge in [0.25, 0.3) is 11.6 Å². The number of amides is 1. The standard InChI is InChI=1S/C20H10Cl3N3O4/c21-12-2-5-16(23)17(8-12)25-20(27)11(10-24)7-14-3-6-19(30-14)15-4-1-13(22)9-18(15)26(28)29/h1-9H,(H,25,27)/b11-7-. The number of hydrogen-bond acceptors (Lipinski definition) is 5. The maximum Gasteiger partial charge on any atom is 0.281 e. The lowest BCUT2D eigenvalue weighted by molar-refractivity contribution is -0.384. The molecule has 1 aromatic heterocycles. The Morgan fingerprint density at radius 2 is 1.80 bits per heavy atom. The first-order valence-electron chi connectivity index (χ1n) is 8.21. The lowest BCUT2D eigenvalue weighted by atomic mass is 10.1. The van der Waals surface area contributed by atoms with Gasteiger partial charge in [0.15, 0.2) is 0 Å². The van der Waals surface area contributed by atoms with Gasteiger partial charge in [-0.25, -0.2) is 0 Å². The van der Waals surface area contributed by atoms with Crippen LogP contribution in [0.5, 0.6) is 0 Å². The molecular weight excluding hydrogens is 453 g/mol. The van der Waals surface area contributed by atoms with Crippen LogP contribution in [0.3, 0.4) is 0 Å². The molecule has 0 saturated carbocycles. The second kappa shape index (κ2) is 9.01. The summed E-state index contributed by atoms with van der Waals surface area (Å²) in [5, 5.41) is 23.9. The average Bonchev–Trinajstić information content (AvgIpc) is 3.17. The number of hydrogen-bond donors (Lipinski definition) is 1. The van der Waals surface area contributed by atoms with Crippen LogP contribution in [0.15, 0.2) is 58.5 Å². The number of nitrogens with one attached hydrogen (secondary N) is 1. The summed E-state index contributed by atoms with van der Waals surface area (Å²) in [6, 6.07) is 13.4. The highest BCUT2D eigenvalue weighted by molar-refractivity contribution is 6.36. The van der Waals surface area contributed by atoms with Gasteiger partial charge in [-0.2, -0.15) is 5.26 Å². The SMILES string of the molecule is N#C/C(=C/c1ccc(-c2ccc(Cl)cc2[N+](=O)[O-])o1)C(=O)Nc1cc(Cl)ccc1Cl. The first kappa shape index (κ1) is 21.4. The number of nitriles is 1. The summed E-state index contributed by atoms with van der Waals surface area (Å²) in [6.07, 6.45) is 1.21. The Kier molecular flexibility index (Phi) is 6.43. The molecule has 0 atom stereocenters. The molecule has 0 aliphatic rings. The molecule has 2 aromatic carbocycles. The van der Waals surface area contributed by atoms with E-state index in [0.29, 0.717) is 5.02 Å². The molecule has 1 amide bonds. The van der Waals surface area contributed by atoms with Crippen LogP contribution in [0.25, 0.3) is 17.4 Å². The van der Waals surface area contributed by atoms with E-state index in [4.69, 9.17) is 39.2 Å². The lowest BCUT2D eigenvalue weighted by Gasteiger charge is -2.06. The topological polar surface area (TPSA) is 109 Å². The number of carbonyl (C=O) groups excluding carboxylic acids is 1. The molecule has 0 spiro atoms. The van der Waals surface area contributed by atoms with E-state index in [1.54, 1.807) is 12.1 Å². The number of benzene rings is 2. The predicted octanol–water partition coefficient (Wildman–Crippen LogP) is 6.36. The van der Waals surface area contributed by atoms with Gasteiger partial charge < -0.3 is 9.73 Å². The van der Waals surface area contributed by atoms with E-state index in [9.17, 15) is 20.2 Å². The fourth-order valence-electron chi connectivity index (χ4n) is 2.51. The highest BCUT2D eigenvalue weighted by atomic mass is 35.5. The number of carbonyl (C=O) groups is 1. The summed E-state index contributed by atoms with van der Waals surface area (Å²) in [5.41, 5.74) is -0.0521. The summed E-state index contributed by atoms with van der Waals surface area (Å²) in [6.45, 7) is 0. The Morgan fingerprint density at radius 3 is 2.50 bits per heavy atom. The third-order valence-corrected chi connectivity index (χ3v) is 4.68. The molecule has 3 aromatic rings. The van der Waals surface area contributed by atoms with E-state index < -0.39 is 10.8 Å². The van der Waals surface area contributed by atoms with E-state index >= 15 is 0 Å². The van der Waals surface area contributed by atoms with Crippen molar-refractivity contribution in [3.63, 3.8) is 0 Å². The number of nitro benzene ring substituents is 1. The molecule has 0 radical (unpaired) electrons. The van der Waals surface area contributed by atoms with Crippen molar-refractivity contribution < 1.29 is 14.1 Å². The number of anilines is 1. The van der Waals surface area contributed by atoms with Gasteiger partial charge in [0.2, 0.25) is 0 Å². The molecule has 30 heavy (non-hydrogen) atoms. The summed E-state index contributed by atoms with van der Waals surface area (Å²) in [7, 11) is 0. The number of halogens is 3. The lowest BCUT2D eigenvalue weighted by Crippen LogP contribution is -2.13. The second-order valence-corrected chi connectivity index (χ2v) is 7.15. The third-order valence-electron chi connectivity index (χ3n) is 3.88. The quantitative estimate of drug-likeness (QED) is 0.205.